The number of halogens is 2. The molecule has 214 valence electrons. The molecule has 0 radical (unpaired) electrons. The van der Waals surface area contributed by atoms with E-state index in [2.05, 4.69) is 22.5 Å². The Morgan fingerprint density at radius 1 is 1.07 bits per heavy atom. The number of ether oxygens (including phenoxy) is 1. The van der Waals surface area contributed by atoms with E-state index in [1.54, 1.807) is 17.7 Å². The summed E-state index contributed by atoms with van der Waals surface area (Å²) in [5.41, 5.74) is 9.25. The second kappa shape index (κ2) is 10.4. The van der Waals surface area contributed by atoms with Crippen molar-refractivity contribution < 1.29 is 19.3 Å². The summed E-state index contributed by atoms with van der Waals surface area (Å²) in [5, 5.41) is 0.872. The number of aromatic nitrogens is 2. The van der Waals surface area contributed by atoms with Crippen LogP contribution in [0.15, 0.2) is 29.1 Å². The van der Waals surface area contributed by atoms with E-state index >= 15 is 0 Å². The van der Waals surface area contributed by atoms with E-state index in [9.17, 15) is 13.6 Å². The van der Waals surface area contributed by atoms with Gasteiger partial charge in [-0.25, -0.2) is 13.8 Å². The van der Waals surface area contributed by atoms with Crippen molar-refractivity contribution in [3.8, 4) is 0 Å². The molecule has 2 fully saturated rings. The Morgan fingerprint density at radius 2 is 1.80 bits per heavy atom. The number of pyridine rings is 2. The minimum atomic E-state index is -2.58. The van der Waals surface area contributed by atoms with Crippen molar-refractivity contribution in [3.63, 3.8) is 0 Å². The lowest BCUT2D eigenvalue weighted by Gasteiger charge is -2.38. The van der Waals surface area contributed by atoms with Crippen LogP contribution in [-0.2, 0) is 18.2 Å². The van der Waals surface area contributed by atoms with E-state index in [1.165, 1.54) is 0 Å². The predicted molar refractivity (Wildman–Crippen MR) is 154 cm³/mol. The molecule has 0 atom stereocenters. The largest absolute Gasteiger partial charge is 0.381 e. The van der Waals surface area contributed by atoms with Crippen molar-refractivity contribution in [2.45, 2.75) is 70.3 Å². The Balaban J connectivity index is 1.50. The van der Waals surface area contributed by atoms with Crippen LogP contribution in [-0.4, -0.2) is 47.9 Å². The van der Waals surface area contributed by atoms with Gasteiger partial charge in [-0.1, -0.05) is 0 Å². The molecule has 3 aromatic rings. The zero-order chi connectivity index (χ0) is 28.2. The van der Waals surface area contributed by atoms with E-state index in [-0.39, 0.29) is 22.6 Å². The average molecular weight is 553 g/mol. The molecule has 3 N–H and O–H groups in total. The maximum atomic E-state index is 14.6. The molecule has 9 heteroatoms. The summed E-state index contributed by atoms with van der Waals surface area (Å²) in [4.78, 5) is 22.4. The maximum absolute atomic E-state index is 14.6. The highest BCUT2D eigenvalue weighted by Gasteiger charge is 2.33. The van der Waals surface area contributed by atoms with Crippen LogP contribution >= 0.6 is 0 Å². The molecular formula is C31H40F2N5O2+. The van der Waals surface area contributed by atoms with Gasteiger partial charge < -0.3 is 24.8 Å². The van der Waals surface area contributed by atoms with Crippen molar-refractivity contribution >= 4 is 28.1 Å². The Bertz CT molecular complexity index is 1490. The minimum absolute atomic E-state index is 0.00701. The second-order valence-corrected chi connectivity index (χ2v) is 12.3. The van der Waals surface area contributed by atoms with Crippen molar-refractivity contribution in [1.29, 1.82) is 0 Å². The number of aryl methyl sites for hydroxylation is 3. The Labute approximate surface area is 233 Å². The SMILES string of the molecule is Cc1cc2c(N3CCCc4cc(N5CCC(C)([NH3+])CC5)c(C(F)F)cc43)nc(C3CCOCC3)cc2n(C)c1=O. The van der Waals surface area contributed by atoms with E-state index in [1.807, 2.05) is 25.1 Å². The highest BCUT2D eigenvalue weighted by molar-refractivity contribution is 5.93. The molecule has 0 saturated carbocycles. The summed E-state index contributed by atoms with van der Waals surface area (Å²) in [6.45, 7) is 7.47. The molecule has 3 aliphatic rings. The van der Waals surface area contributed by atoms with E-state index in [0.717, 1.165) is 85.3 Å². The first kappa shape index (κ1) is 27.1. The second-order valence-electron chi connectivity index (χ2n) is 12.3. The van der Waals surface area contributed by atoms with Crippen LogP contribution in [0.1, 0.15) is 73.8 Å². The zero-order valence-corrected chi connectivity index (χ0v) is 23.8. The molecule has 0 unspecified atom stereocenters. The lowest BCUT2D eigenvalue weighted by molar-refractivity contribution is -0.475. The molecule has 0 aliphatic carbocycles. The highest BCUT2D eigenvalue weighted by Crippen LogP contribution is 2.43. The van der Waals surface area contributed by atoms with Crippen LogP contribution in [0.3, 0.4) is 0 Å². The third kappa shape index (κ3) is 4.87. The first-order valence-electron chi connectivity index (χ1n) is 14.5. The zero-order valence-electron chi connectivity index (χ0n) is 23.8. The number of nitrogens with zero attached hydrogens (tertiary/aromatic N) is 4. The molecule has 3 aliphatic heterocycles. The van der Waals surface area contributed by atoms with Crippen molar-refractivity contribution in [2.75, 3.05) is 42.6 Å². The molecule has 1 aromatic carbocycles. The van der Waals surface area contributed by atoms with Crippen LogP contribution in [0.2, 0.25) is 0 Å². The van der Waals surface area contributed by atoms with E-state index in [0.29, 0.717) is 31.0 Å². The molecule has 40 heavy (non-hydrogen) atoms. The van der Waals surface area contributed by atoms with Gasteiger partial charge in [-0.2, -0.15) is 0 Å². The molecule has 0 spiro atoms. The first-order chi connectivity index (χ1) is 19.1. The summed E-state index contributed by atoms with van der Waals surface area (Å²) in [6, 6.07) is 7.66. The quantitative estimate of drug-likeness (QED) is 0.505. The van der Waals surface area contributed by atoms with Gasteiger partial charge in [-0.05, 0) is 69.4 Å². The average Bonchev–Trinajstić information content (AvgIpc) is 2.95. The number of benzene rings is 1. The van der Waals surface area contributed by atoms with Crippen LogP contribution in [0.25, 0.3) is 10.9 Å². The number of rotatable bonds is 4. The van der Waals surface area contributed by atoms with Crippen LogP contribution < -0.4 is 21.1 Å². The number of alkyl halides is 2. The van der Waals surface area contributed by atoms with Crippen molar-refractivity contribution in [2.24, 2.45) is 7.05 Å². The smallest absolute Gasteiger partial charge is 0.265 e. The monoisotopic (exact) mass is 552 g/mol. The minimum Gasteiger partial charge on any atom is -0.381 e. The Hall–Kier alpha value is -3.04. The van der Waals surface area contributed by atoms with Gasteiger partial charge in [-0.3, -0.25) is 4.79 Å². The third-order valence-electron chi connectivity index (χ3n) is 9.19. The Kier molecular flexibility index (Phi) is 7.07. The standard InChI is InChI=1S/C31H39F2N5O2/c1-19-15-23-26(36(3)30(19)39)18-24(20-6-13-40-14-7-20)35-29(23)38-10-4-5-21-16-27(22(28(32)33)17-25(21)38)37-11-8-31(2,34)9-12-37/h15-18,20,28H,4-14,34H2,1-3H3/p+1. The fourth-order valence-electron chi connectivity index (χ4n) is 6.62. The number of hydrogen-bond donors (Lipinski definition) is 1. The molecule has 2 aromatic heterocycles. The molecule has 6 rings (SSSR count). The lowest BCUT2D eigenvalue weighted by Crippen LogP contribution is -2.73. The molecule has 7 nitrogen and oxygen atoms in total. The predicted octanol–water partition coefficient (Wildman–Crippen LogP) is 4.76. The Morgan fingerprint density at radius 3 is 2.50 bits per heavy atom. The van der Waals surface area contributed by atoms with Crippen LogP contribution in [0.4, 0.5) is 26.0 Å². The number of quaternary nitrogens is 1. The van der Waals surface area contributed by atoms with Gasteiger partial charge in [-0.15, -0.1) is 0 Å². The normalized spacial score (nSPS) is 19.9. The first-order valence-corrected chi connectivity index (χ1v) is 14.5. The molecule has 0 amide bonds. The summed E-state index contributed by atoms with van der Waals surface area (Å²) in [7, 11) is 1.80. The van der Waals surface area contributed by atoms with E-state index in [4.69, 9.17) is 9.72 Å². The maximum Gasteiger partial charge on any atom is 0.265 e. The van der Waals surface area contributed by atoms with Crippen molar-refractivity contribution in [3.05, 3.63) is 57.0 Å². The summed E-state index contributed by atoms with van der Waals surface area (Å²) in [6.07, 6.45) is 2.65. The van der Waals surface area contributed by atoms with Gasteiger partial charge in [0.25, 0.3) is 12.0 Å². The lowest BCUT2D eigenvalue weighted by atomic mass is 9.89. The number of hydrogen-bond acceptors (Lipinski definition) is 5. The van der Waals surface area contributed by atoms with Crippen LogP contribution in [0.5, 0.6) is 0 Å². The van der Waals surface area contributed by atoms with Gasteiger partial charge in [0.05, 0.1) is 11.1 Å². The highest BCUT2D eigenvalue weighted by atomic mass is 19.3. The fraction of sp³-hybridized carbons (Fsp3) is 0.548. The topological polar surface area (TPSA) is 78.2 Å². The molecular weight excluding hydrogens is 512 g/mol. The van der Waals surface area contributed by atoms with Gasteiger partial charge in [0.1, 0.15) is 5.82 Å². The number of piperidine rings is 1. The molecule has 5 heterocycles. The fourth-order valence-corrected chi connectivity index (χ4v) is 6.62. The number of fused-ring (bicyclic) bond motifs is 2. The summed E-state index contributed by atoms with van der Waals surface area (Å²) < 4.78 is 36.5. The van der Waals surface area contributed by atoms with Gasteiger partial charge in [0, 0.05) is 92.2 Å². The van der Waals surface area contributed by atoms with Gasteiger partial charge in [0.2, 0.25) is 0 Å². The van der Waals surface area contributed by atoms with Crippen molar-refractivity contribution in [1.82, 2.24) is 9.55 Å². The molecule has 2 saturated heterocycles. The van der Waals surface area contributed by atoms with Crippen LogP contribution in [0, 0.1) is 6.92 Å². The third-order valence-corrected chi connectivity index (χ3v) is 9.19. The summed E-state index contributed by atoms with van der Waals surface area (Å²) >= 11 is 0. The number of anilines is 3. The summed E-state index contributed by atoms with van der Waals surface area (Å²) in [5.74, 6) is 0.979. The van der Waals surface area contributed by atoms with Gasteiger partial charge in [0.15, 0.2) is 0 Å². The molecule has 0 bridgehead atoms. The van der Waals surface area contributed by atoms with Gasteiger partial charge >= 0.3 is 0 Å². The van der Waals surface area contributed by atoms with E-state index < -0.39 is 6.43 Å².